The second kappa shape index (κ2) is 7.55. The highest BCUT2D eigenvalue weighted by atomic mass is 32.1. The second-order valence-electron chi connectivity index (χ2n) is 9.43. The normalized spacial score (nSPS) is 11.9. The van der Waals surface area contributed by atoms with Gasteiger partial charge in [-0.15, -0.1) is 11.3 Å². The zero-order valence-electron chi connectivity index (χ0n) is 19.5. The average molecular weight is 476 g/mol. The van der Waals surface area contributed by atoms with Gasteiger partial charge in [0.05, 0.1) is 5.52 Å². The molecule has 0 saturated carbocycles. The van der Waals surface area contributed by atoms with Crippen molar-refractivity contribution in [1.82, 2.24) is 4.98 Å². The molecular formula is C34H21NS. The summed E-state index contributed by atoms with van der Waals surface area (Å²) >= 11 is 1.91. The van der Waals surface area contributed by atoms with Gasteiger partial charge in [-0.05, 0) is 40.5 Å². The third kappa shape index (κ3) is 2.82. The van der Waals surface area contributed by atoms with Gasteiger partial charge in [0.2, 0.25) is 0 Å². The second-order valence-corrected chi connectivity index (χ2v) is 10.5. The molecule has 0 aliphatic rings. The van der Waals surface area contributed by atoms with Crippen LogP contribution in [0, 0.1) is 0 Å². The highest BCUT2D eigenvalue weighted by Crippen LogP contribution is 2.46. The highest BCUT2D eigenvalue weighted by Gasteiger charge is 2.18. The lowest BCUT2D eigenvalue weighted by Gasteiger charge is -2.06. The first-order valence-corrected chi connectivity index (χ1v) is 13.1. The lowest BCUT2D eigenvalue weighted by Crippen LogP contribution is -1.81. The molecule has 8 aromatic rings. The van der Waals surface area contributed by atoms with Crippen molar-refractivity contribution >= 4 is 64.1 Å². The van der Waals surface area contributed by atoms with Gasteiger partial charge in [0, 0.05) is 47.2 Å². The summed E-state index contributed by atoms with van der Waals surface area (Å²) in [5.41, 5.74) is 7.41. The third-order valence-corrected chi connectivity index (χ3v) is 8.61. The molecule has 1 N–H and O–H groups in total. The molecule has 0 aliphatic carbocycles. The van der Waals surface area contributed by atoms with Crippen molar-refractivity contribution in [1.29, 1.82) is 0 Å². The van der Waals surface area contributed by atoms with Gasteiger partial charge >= 0.3 is 0 Å². The van der Waals surface area contributed by atoms with Crippen LogP contribution in [0.5, 0.6) is 0 Å². The molecule has 2 heterocycles. The molecule has 0 saturated heterocycles. The Morgan fingerprint density at radius 3 is 1.86 bits per heavy atom. The van der Waals surface area contributed by atoms with Crippen molar-refractivity contribution in [3.8, 4) is 22.3 Å². The molecule has 0 aliphatic heterocycles. The van der Waals surface area contributed by atoms with E-state index in [9.17, 15) is 0 Å². The van der Waals surface area contributed by atoms with Crippen molar-refractivity contribution in [2.45, 2.75) is 0 Å². The molecule has 0 unspecified atom stereocenters. The SMILES string of the molecule is c1ccc(-c2ccc(-c3ccc4sc5c6ccccc6c6[nH]c7ccccc7c6c5c4c3)cc2)cc1. The minimum Gasteiger partial charge on any atom is -0.354 e. The first-order valence-electron chi connectivity index (χ1n) is 12.3. The van der Waals surface area contributed by atoms with Crippen LogP contribution in [0.4, 0.5) is 0 Å². The van der Waals surface area contributed by atoms with Crippen molar-refractivity contribution in [2.24, 2.45) is 0 Å². The Kier molecular flexibility index (Phi) is 4.16. The maximum absolute atomic E-state index is 3.74. The van der Waals surface area contributed by atoms with Gasteiger partial charge in [-0.1, -0.05) is 103 Å². The molecule has 0 bridgehead atoms. The van der Waals surface area contributed by atoms with Crippen LogP contribution in [0.3, 0.4) is 0 Å². The number of hydrogen-bond acceptors (Lipinski definition) is 1. The van der Waals surface area contributed by atoms with Gasteiger partial charge < -0.3 is 4.98 Å². The lowest BCUT2D eigenvalue weighted by molar-refractivity contribution is 1.57. The molecule has 0 spiro atoms. The number of H-pyrrole nitrogens is 1. The molecule has 36 heavy (non-hydrogen) atoms. The number of benzene rings is 6. The predicted octanol–water partition coefficient (Wildman–Crippen LogP) is 10.2. The van der Waals surface area contributed by atoms with Gasteiger partial charge in [0.25, 0.3) is 0 Å². The average Bonchev–Trinajstić information content (AvgIpc) is 3.52. The zero-order chi connectivity index (χ0) is 23.6. The standard InChI is InChI=1S/C34H21NS/c1-2-8-21(9-3-1)22-14-16-23(17-15-22)24-18-19-30-28(20-24)32-31-27-12-6-7-13-29(27)35-33(31)25-10-4-5-11-26(25)34(32)36-30/h1-20,35H. The van der Waals surface area contributed by atoms with Gasteiger partial charge in [-0.25, -0.2) is 0 Å². The number of thiophene rings is 1. The number of nitrogens with one attached hydrogen (secondary N) is 1. The van der Waals surface area contributed by atoms with Crippen LogP contribution >= 0.6 is 11.3 Å². The van der Waals surface area contributed by atoms with Crippen LogP contribution in [0.25, 0.3) is 75.0 Å². The number of hydrogen-bond donors (Lipinski definition) is 1. The molecule has 0 radical (unpaired) electrons. The fourth-order valence-electron chi connectivity index (χ4n) is 5.70. The summed E-state index contributed by atoms with van der Waals surface area (Å²) in [6, 6.07) is 44.0. The number of aromatic nitrogens is 1. The van der Waals surface area contributed by atoms with E-state index in [0.29, 0.717) is 0 Å². The lowest BCUT2D eigenvalue weighted by atomic mass is 9.97. The molecule has 6 aromatic carbocycles. The smallest absolute Gasteiger partial charge is 0.0551 e. The van der Waals surface area contributed by atoms with E-state index >= 15 is 0 Å². The van der Waals surface area contributed by atoms with Gasteiger partial charge in [-0.3, -0.25) is 0 Å². The first-order chi connectivity index (χ1) is 17.8. The predicted molar refractivity (Wildman–Crippen MR) is 157 cm³/mol. The van der Waals surface area contributed by atoms with E-state index in [1.165, 1.54) is 75.0 Å². The molecule has 0 atom stereocenters. The summed E-state index contributed by atoms with van der Waals surface area (Å²) in [7, 11) is 0. The summed E-state index contributed by atoms with van der Waals surface area (Å²) in [6.45, 7) is 0. The first kappa shape index (κ1) is 19.9. The van der Waals surface area contributed by atoms with E-state index in [-0.39, 0.29) is 0 Å². The Morgan fingerprint density at radius 1 is 0.444 bits per heavy atom. The Bertz CT molecular complexity index is 2080. The topological polar surface area (TPSA) is 15.8 Å². The quantitative estimate of drug-likeness (QED) is 0.256. The van der Waals surface area contributed by atoms with Gasteiger partial charge in [-0.2, -0.15) is 0 Å². The fraction of sp³-hybridized carbons (Fsp3) is 0. The third-order valence-electron chi connectivity index (χ3n) is 7.41. The summed E-state index contributed by atoms with van der Waals surface area (Å²) in [4.78, 5) is 3.74. The van der Waals surface area contributed by atoms with Crippen LogP contribution in [0.1, 0.15) is 0 Å². The van der Waals surface area contributed by atoms with Crippen LogP contribution in [0.15, 0.2) is 121 Å². The monoisotopic (exact) mass is 475 g/mol. The zero-order valence-corrected chi connectivity index (χ0v) is 20.3. The molecule has 2 heteroatoms. The maximum Gasteiger partial charge on any atom is 0.0551 e. The Labute approximate surface area is 212 Å². The van der Waals surface area contributed by atoms with Crippen molar-refractivity contribution < 1.29 is 0 Å². The molecule has 0 amide bonds. The van der Waals surface area contributed by atoms with E-state index in [1.54, 1.807) is 0 Å². The van der Waals surface area contributed by atoms with E-state index in [2.05, 4.69) is 126 Å². The van der Waals surface area contributed by atoms with Crippen LogP contribution < -0.4 is 0 Å². The van der Waals surface area contributed by atoms with E-state index < -0.39 is 0 Å². The largest absolute Gasteiger partial charge is 0.354 e. The summed E-state index contributed by atoms with van der Waals surface area (Å²) in [6.07, 6.45) is 0. The minimum atomic E-state index is 1.19. The van der Waals surface area contributed by atoms with E-state index in [0.717, 1.165) is 0 Å². The highest BCUT2D eigenvalue weighted by molar-refractivity contribution is 7.27. The Balaban J connectivity index is 1.42. The van der Waals surface area contributed by atoms with Gasteiger partial charge in [0.15, 0.2) is 0 Å². The number of rotatable bonds is 2. The van der Waals surface area contributed by atoms with Crippen LogP contribution in [0.2, 0.25) is 0 Å². The van der Waals surface area contributed by atoms with Crippen molar-refractivity contribution in [2.75, 3.05) is 0 Å². The summed E-state index contributed by atoms with van der Waals surface area (Å²) < 4.78 is 2.70. The fourth-order valence-corrected chi connectivity index (χ4v) is 6.93. The van der Waals surface area contributed by atoms with Crippen molar-refractivity contribution in [3.63, 3.8) is 0 Å². The Hall–Kier alpha value is -4.40. The number of aromatic amines is 1. The molecule has 168 valence electrons. The van der Waals surface area contributed by atoms with Crippen LogP contribution in [-0.4, -0.2) is 4.98 Å². The summed E-state index contributed by atoms with van der Waals surface area (Å²) in [5.74, 6) is 0. The molecule has 2 aromatic heterocycles. The Morgan fingerprint density at radius 2 is 1.06 bits per heavy atom. The van der Waals surface area contributed by atoms with E-state index in [1.807, 2.05) is 11.3 Å². The minimum absolute atomic E-state index is 1.19. The van der Waals surface area contributed by atoms with Crippen molar-refractivity contribution in [3.05, 3.63) is 121 Å². The molecule has 8 rings (SSSR count). The molecule has 1 nitrogen and oxygen atoms in total. The van der Waals surface area contributed by atoms with Crippen LogP contribution in [-0.2, 0) is 0 Å². The molecule has 0 fully saturated rings. The van der Waals surface area contributed by atoms with E-state index in [4.69, 9.17) is 0 Å². The van der Waals surface area contributed by atoms with Gasteiger partial charge in [0.1, 0.15) is 0 Å². The number of fused-ring (bicyclic) bond motifs is 10. The number of para-hydroxylation sites is 1. The maximum atomic E-state index is 3.74. The summed E-state index contributed by atoms with van der Waals surface area (Å²) in [5, 5.41) is 7.94. The molecular weight excluding hydrogens is 454 g/mol.